The molecule has 0 N–H and O–H groups in total. The van der Waals surface area contributed by atoms with Crippen molar-refractivity contribution in [1.29, 1.82) is 0 Å². The average molecular weight is 419 g/mol. The molecule has 3 saturated carbocycles. The predicted molar refractivity (Wildman–Crippen MR) is 118 cm³/mol. The highest BCUT2D eigenvalue weighted by molar-refractivity contribution is 5.90. The molecular formula is C27H30O4. The van der Waals surface area contributed by atoms with Crippen LogP contribution in [0, 0.1) is 23.7 Å². The van der Waals surface area contributed by atoms with Gasteiger partial charge in [-0.2, -0.15) is 0 Å². The Morgan fingerprint density at radius 3 is 1.42 bits per heavy atom. The Morgan fingerprint density at radius 1 is 0.581 bits per heavy atom. The van der Waals surface area contributed by atoms with E-state index in [0.29, 0.717) is 23.0 Å². The van der Waals surface area contributed by atoms with Crippen LogP contribution in [0.3, 0.4) is 0 Å². The van der Waals surface area contributed by atoms with Crippen LogP contribution in [0.25, 0.3) is 0 Å². The Morgan fingerprint density at radius 2 is 1.00 bits per heavy atom. The summed E-state index contributed by atoms with van der Waals surface area (Å²) in [7, 11) is 0. The first-order valence-electron chi connectivity index (χ1n) is 11.7. The smallest absolute Gasteiger partial charge is 0.338 e. The lowest BCUT2D eigenvalue weighted by Gasteiger charge is -2.46. The van der Waals surface area contributed by atoms with E-state index >= 15 is 0 Å². The molecule has 3 fully saturated rings. The second kappa shape index (κ2) is 8.86. The number of esters is 2. The Kier molecular flexibility index (Phi) is 5.80. The first-order valence-corrected chi connectivity index (χ1v) is 11.7. The minimum Gasteiger partial charge on any atom is -0.455 e. The predicted octanol–water partition coefficient (Wildman–Crippen LogP) is 5.67. The molecule has 0 bridgehead atoms. The van der Waals surface area contributed by atoms with Gasteiger partial charge >= 0.3 is 11.9 Å². The zero-order valence-corrected chi connectivity index (χ0v) is 17.8. The summed E-state index contributed by atoms with van der Waals surface area (Å²) >= 11 is 0. The van der Waals surface area contributed by atoms with E-state index < -0.39 is 0 Å². The van der Waals surface area contributed by atoms with Crippen molar-refractivity contribution in [3.05, 3.63) is 71.8 Å². The van der Waals surface area contributed by atoms with Gasteiger partial charge in [-0.05, 0) is 73.6 Å². The lowest BCUT2D eigenvalue weighted by atomic mass is 9.63. The fraction of sp³-hybridized carbons (Fsp3) is 0.481. The number of ether oxygens (including phenoxy) is 2. The molecule has 4 heteroatoms. The number of hydrogen-bond donors (Lipinski definition) is 0. The Hall–Kier alpha value is -2.62. The molecule has 0 spiro atoms. The maximum Gasteiger partial charge on any atom is 0.338 e. The van der Waals surface area contributed by atoms with Crippen LogP contribution in [0.2, 0.25) is 0 Å². The fourth-order valence-corrected chi connectivity index (χ4v) is 6.18. The van der Waals surface area contributed by atoms with Crippen LogP contribution >= 0.6 is 0 Å². The third-order valence-electron chi connectivity index (χ3n) is 7.71. The van der Waals surface area contributed by atoms with E-state index in [1.165, 1.54) is 32.1 Å². The number of rotatable bonds is 4. The number of fused-ring (bicyclic) bond motifs is 2. The molecule has 3 aliphatic rings. The normalized spacial score (nSPS) is 31.9. The van der Waals surface area contributed by atoms with Gasteiger partial charge in [-0.25, -0.2) is 9.59 Å². The number of benzene rings is 2. The zero-order chi connectivity index (χ0) is 21.2. The van der Waals surface area contributed by atoms with Crippen LogP contribution in [-0.4, -0.2) is 24.1 Å². The quantitative estimate of drug-likeness (QED) is 0.600. The van der Waals surface area contributed by atoms with Crippen molar-refractivity contribution in [2.45, 2.75) is 57.2 Å². The molecule has 162 valence electrons. The number of hydrogen-bond acceptors (Lipinski definition) is 4. The lowest BCUT2D eigenvalue weighted by Crippen LogP contribution is -2.46. The summed E-state index contributed by atoms with van der Waals surface area (Å²) in [4.78, 5) is 25.6. The van der Waals surface area contributed by atoms with Gasteiger partial charge < -0.3 is 9.47 Å². The topological polar surface area (TPSA) is 52.6 Å². The minimum atomic E-state index is -0.389. The largest absolute Gasteiger partial charge is 0.455 e. The van der Waals surface area contributed by atoms with Crippen molar-refractivity contribution in [1.82, 2.24) is 0 Å². The van der Waals surface area contributed by atoms with Crippen molar-refractivity contribution in [3.63, 3.8) is 0 Å². The second-order valence-electron chi connectivity index (χ2n) is 9.53. The van der Waals surface area contributed by atoms with Gasteiger partial charge in [0.25, 0.3) is 0 Å². The first-order chi connectivity index (χ1) is 15.2. The molecule has 6 unspecified atom stereocenters. The van der Waals surface area contributed by atoms with E-state index in [2.05, 4.69) is 0 Å². The summed E-state index contributed by atoms with van der Waals surface area (Å²) in [6, 6.07) is 18.2. The molecule has 0 aromatic heterocycles. The average Bonchev–Trinajstić information content (AvgIpc) is 3.26. The van der Waals surface area contributed by atoms with Crippen LogP contribution in [0.4, 0.5) is 0 Å². The standard InChI is InChI=1S/C27H30O4/c28-26(18-8-3-1-4-9-18)30-24-16-22-14-20-12-7-13-21(20)15-23(22)17-25(24)31-27(29)19-10-5-2-6-11-19/h1-6,8-11,20-25H,7,12-17H2. The van der Waals surface area contributed by atoms with E-state index in [0.717, 1.165) is 24.7 Å². The molecule has 0 radical (unpaired) electrons. The van der Waals surface area contributed by atoms with E-state index in [9.17, 15) is 9.59 Å². The van der Waals surface area contributed by atoms with Crippen molar-refractivity contribution in [2.75, 3.05) is 0 Å². The summed E-state index contributed by atoms with van der Waals surface area (Å²) in [6.45, 7) is 0. The molecular weight excluding hydrogens is 388 g/mol. The van der Waals surface area contributed by atoms with Crippen LogP contribution < -0.4 is 0 Å². The lowest BCUT2D eigenvalue weighted by molar-refractivity contribution is -0.0880. The molecule has 5 rings (SSSR count). The van der Waals surface area contributed by atoms with Crippen LogP contribution in [0.5, 0.6) is 0 Å². The number of carbonyl (C=O) groups excluding carboxylic acids is 2. The highest BCUT2D eigenvalue weighted by atomic mass is 16.6. The fourth-order valence-electron chi connectivity index (χ4n) is 6.18. The van der Waals surface area contributed by atoms with Gasteiger partial charge in [0.15, 0.2) is 0 Å². The summed E-state index contributed by atoms with van der Waals surface area (Å²) in [5, 5.41) is 0. The molecule has 4 nitrogen and oxygen atoms in total. The molecule has 0 saturated heterocycles. The summed E-state index contributed by atoms with van der Waals surface area (Å²) in [5.74, 6) is 2.10. The number of carbonyl (C=O) groups is 2. The first kappa shape index (κ1) is 20.3. The van der Waals surface area contributed by atoms with Gasteiger partial charge in [0, 0.05) is 0 Å². The molecule has 6 atom stereocenters. The van der Waals surface area contributed by atoms with Gasteiger partial charge in [-0.1, -0.05) is 55.7 Å². The van der Waals surface area contributed by atoms with Gasteiger partial charge in [-0.3, -0.25) is 0 Å². The van der Waals surface area contributed by atoms with E-state index in [1.54, 1.807) is 24.3 Å². The van der Waals surface area contributed by atoms with E-state index in [-0.39, 0.29) is 24.1 Å². The Bertz CT molecular complexity index is 834. The molecule has 2 aromatic rings. The summed E-state index contributed by atoms with van der Waals surface area (Å²) in [5.41, 5.74) is 1.08. The minimum absolute atomic E-state index is 0.334. The van der Waals surface area contributed by atoms with Gasteiger partial charge in [0.1, 0.15) is 12.2 Å². The van der Waals surface area contributed by atoms with Crippen LogP contribution in [-0.2, 0) is 9.47 Å². The van der Waals surface area contributed by atoms with Crippen LogP contribution in [0.15, 0.2) is 60.7 Å². The maximum absolute atomic E-state index is 12.8. The second-order valence-corrected chi connectivity index (χ2v) is 9.53. The monoisotopic (exact) mass is 418 g/mol. The van der Waals surface area contributed by atoms with Gasteiger partial charge in [0.05, 0.1) is 11.1 Å². The van der Waals surface area contributed by atoms with E-state index in [4.69, 9.17) is 9.47 Å². The molecule has 0 heterocycles. The van der Waals surface area contributed by atoms with Crippen molar-refractivity contribution in [2.24, 2.45) is 23.7 Å². The van der Waals surface area contributed by atoms with Crippen molar-refractivity contribution >= 4 is 11.9 Å². The Labute approximate surface area is 183 Å². The third-order valence-corrected chi connectivity index (χ3v) is 7.71. The summed E-state index contributed by atoms with van der Waals surface area (Å²) < 4.78 is 11.9. The third kappa shape index (κ3) is 4.39. The van der Waals surface area contributed by atoms with E-state index in [1.807, 2.05) is 36.4 Å². The molecule has 31 heavy (non-hydrogen) atoms. The van der Waals surface area contributed by atoms with Gasteiger partial charge in [-0.15, -0.1) is 0 Å². The van der Waals surface area contributed by atoms with Gasteiger partial charge in [0.2, 0.25) is 0 Å². The maximum atomic E-state index is 12.8. The highest BCUT2D eigenvalue weighted by Gasteiger charge is 2.47. The van der Waals surface area contributed by atoms with Crippen LogP contribution in [0.1, 0.15) is 65.7 Å². The molecule has 3 aliphatic carbocycles. The SMILES string of the molecule is O=C(OC1CC2CC3CCCC3CC2CC1OC(=O)c1ccccc1)c1ccccc1. The molecule has 2 aromatic carbocycles. The van der Waals surface area contributed by atoms with Crippen molar-refractivity contribution in [3.8, 4) is 0 Å². The summed E-state index contributed by atoms with van der Waals surface area (Å²) in [6.07, 6.45) is 7.29. The van der Waals surface area contributed by atoms with Crippen molar-refractivity contribution < 1.29 is 19.1 Å². The zero-order valence-electron chi connectivity index (χ0n) is 17.8. The Balaban J connectivity index is 1.34. The molecule has 0 amide bonds. The molecule has 0 aliphatic heterocycles. The highest BCUT2D eigenvalue weighted by Crippen LogP contribution is 2.52.